The Kier molecular flexibility index (Phi) is 6.92. The Labute approximate surface area is 175 Å². The van der Waals surface area contributed by atoms with E-state index in [1.807, 2.05) is 18.2 Å². The second-order valence-corrected chi connectivity index (χ2v) is 8.54. The van der Waals surface area contributed by atoms with Crippen LogP contribution in [-0.4, -0.2) is 59.7 Å². The predicted molar refractivity (Wildman–Crippen MR) is 111 cm³/mol. The van der Waals surface area contributed by atoms with E-state index in [0.717, 1.165) is 44.5 Å². The molecule has 2 aromatic rings. The lowest BCUT2D eigenvalue weighted by molar-refractivity contribution is -0.759. The molecule has 0 aliphatic carbocycles. The van der Waals surface area contributed by atoms with Crippen molar-refractivity contribution < 1.29 is 19.2 Å². The standard InChI is InChI=1S/C20H27N5O3S/c1-4-23-10-12-24(13-11-23)25-14-17(28-22-25)21-19(27)20(2,3)15-29-18(26)16-8-6-5-7-9-16/h5-9,14H,4,10-13,15H2,1-3H3. The molecule has 0 N–H and O–H groups in total. The summed E-state index contributed by atoms with van der Waals surface area (Å²) < 4.78 is 5.23. The fraction of sp³-hybridized carbons (Fsp3) is 0.500. The molecule has 3 rings (SSSR count). The molecule has 0 atom stereocenters. The summed E-state index contributed by atoms with van der Waals surface area (Å²) in [6.07, 6.45) is 1.62. The molecule has 8 nitrogen and oxygen atoms in total. The van der Waals surface area contributed by atoms with Gasteiger partial charge in [-0.3, -0.25) is 14.2 Å². The van der Waals surface area contributed by atoms with Crippen LogP contribution in [0.1, 0.15) is 31.1 Å². The molecule has 1 aromatic heterocycles. The van der Waals surface area contributed by atoms with Gasteiger partial charge >= 0.3 is 5.88 Å². The molecule has 1 aromatic carbocycles. The molecule has 1 saturated heterocycles. The first-order valence-electron chi connectivity index (χ1n) is 9.73. The van der Waals surface area contributed by atoms with E-state index in [4.69, 9.17) is 4.52 Å². The molecule has 0 radical (unpaired) electrons. The minimum Gasteiger partial charge on any atom is -0.861 e. The largest absolute Gasteiger partial charge is 0.861 e. The number of carbonyl (C=O) groups excluding carboxylic acids is 1. The molecule has 0 bridgehead atoms. The molecule has 0 unspecified atom stereocenters. The van der Waals surface area contributed by atoms with Crippen molar-refractivity contribution in [2.24, 2.45) is 10.4 Å². The maximum absolute atomic E-state index is 12.6. The maximum atomic E-state index is 12.6. The number of hydrogen-bond acceptors (Lipinski definition) is 8. The fourth-order valence-electron chi connectivity index (χ4n) is 2.89. The number of likely N-dealkylation sites (N-methyl/N-ethyl adjacent to an activating group) is 1. The normalized spacial score (nSPS) is 16.2. The van der Waals surface area contributed by atoms with E-state index in [9.17, 15) is 9.90 Å². The zero-order valence-corrected chi connectivity index (χ0v) is 17.9. The van der Waals surface area contributed by atoms with E-state index in [2.05, 4.69) is 27.1 Å². The van der Waals surface area contributed by atoms with Crippen molar-refractivity contribution >= 4 is 28.7 Å². The van der Waals surface area contributed by atoms with E-state index in [1.54, 1.807) is 37.0 Å². The molecular weight excluding hydrogens is 390 g/mol. The SMILES string of the molecule is CCN1CCN([n+]2cc(N=C([O-])C(C)(C)CSC(=O)c3ccccc3)on2)CC1. The van der Waals surface area contributed by atoms with E-state index in [0.29, 0.717) is 11.3 Å². The van der Waals surface area contributed by atoms with Gasteiger partial charge in [-0.1, -0.05) is 62.9 Å². The molecular formula is C20H27N5O3S. The van der Waals surface area contributed by atoms with Crippen LogP contribution >= 0.6 is 11.8 Å². The zero-order valence-electron chi connectivity index (χ0n) is 17.1. The fourth-order valence-corrected chi connectivity index (χ4v) is 3.81. The van der Waals surface area contributed by atoms with Crippen molar-refractivity contribution in [1.29, 1.82) is 0 Å². The molecule has 1 aliphatic heterocycles. The van der Waals surface area contributed by atoms with Crippen LogP contribution in [0.3, 0.4) is 0 Å². The number of thioether (sulfide) groups is 1. The molecule has 0 spiro atoms. The van der Waals surface area contributed by atoms with E-state index in [1.165, 1.54) is 0 Å². The molecule has 1 fully saturated rings. The molecule has 0 saturated carbocycles. The lowest BCUT2D eigenvalue weighted by Gasteiger charge is -2.29. The minimum atomic E-state index is -0.806. The Balaban J connectivity index is 1.59. The molecule has 2 heterocycles. The Bertz CT molecular complexity index is 845. The van der Waals surface area contributed by atoms with Gasteiger partial charge in [-0.2, -0.15) is 5.01 Å². The van der Waals surface area contributed by atoms with Crippen molar-refractivity contribution in [2.75, 3.05) is 43.5 Å². The van der Waals surface area contributed by atoms with Crippen LogP contribution in [0.2, 0.25) is 0 Å². The number of rotatable bonds is 7. The van der Waals surface area contributed by atoms with Crippen molar-refractivity contribution in [3.8, 4) is 0 Å². The summed E-state index contributed by atoms with van der Waals surface area (Å²) in [5, 5.41) is 18.6. The number of aromatic nitrogens is 2. The van der Waals surface area contributed by atoms with Crippen molar-refractivity contribution in [1.82, 2.24) is 10.2 Å². The smallest absolute Gasteiger partial charge is 0.324 e. The molecule has 1 aliphatic rings. The lowest BCUT2D eigenvalue weighted by atomic mass is 9.96. The first-order chi connectivity index (χ1) is 13.9. The highest BCUT2D eigenvalue weighted by atomic mass is 32.2. The highest BCUT2D eigenvalue weighted by Gasteiger charge is 2.26. The number of benzene rings is 1. The van der Waals surface area contributed by atoms with Crippen molar-refractivity contribution in [2.45, 2.75) is 20.8 Å². The van der Waals surface area contributed by atoms with Gasteiger partial charge in [-0.05, 0) is 12.4 Å². The first kappa shape index (κ1) is 21.3. The number of aliphatic imine (C=N–C) groups is 1. The average Bonchev–Trinajstić information content (AvgIpc) is 3.21. The van der Waals surface area contributed by atoms with Gasteiger partial charge in [0.25, 0.3) is 6.20 Å². The Morgan fingerprint density at radius 1 is 1.28 bits per heavy atom. The van der Waals surface area contributed by atoms with Crippen LogP contribution in [-0.2, 0) is 0 Å². The third-order valence-electron chi connectivity index (χ3n) is 4.89. The molecule has 156 valence electrons. The Hall–Kier alpha value is -2.39. The Morgan fingerprint density at radius 3 is 2.62 bits per heavy atom. The summed E-state index contributed by atoms with van der Waals surface area (Å²) in [5.74, 6) is 0.154. The number of carbonyl (C=O) groups is 1. The highest BCUT2D eigenvalue weighted by Crippen LogP contribution is 2.26. The topological polar surface area (TPSA) is 88.9 Å². The van der Waals surface area contributed by atoms with Gasteiger partial charge in [-0.15, -0.1) is 0 Å². The Morgan fingerprint density at radius 2 is 1.97 bits per heavy atom. The second kappa shape index (κ2) is 9.41. The number of piperazine rings is 1. The van der Waals surface area contributed by atoms with Crippen LogP contribution in [0.4, 0.5) is 5.88 Å². The van der Waals surface area contributed by atoms with Crippen LogP contribution in [0, 0.1) is 5.41 Å². The van der Waals surface area contributed by atoms with Gasteiger partial charge in [-0.25, -0.2) is 4.99 Å². The van der Waals surface area contributed by atoms with Crippen molar-refractivity contribution in [3.63, 3.8) is 0 Å². The highest BCUT2D eigenvalue weighted by molar-refractivity contribution is 8.14. The second-order valence-electron chi connectivity index (χ2n) is 7.59. The number of nitrogens with zero attached hydrogens (tertiary/aromatic N) is 5. The summed E-state index contributed by atoms with van der Waals surface area (Å²) in [6, 6.07) is 9.03. The third-order valence-corrected chi connectivity index (χ3v) is 6.26. The van der Waals surface area contributed by atoms with Gasteiger partial charge in [0, 0.05) is 29.8 Å². The first-order valence-corrected chi connectivity index (χ1v) is 10.7. The molecule has 29 heavy (non-hydrogen) atoms. The van der Waals surface area contributed by atoms with Gasteiger partial charge in [0.1, 0.15) is 0 Å². The van der Waals surface area contributed by atoms with Crippen LogP contribution in [0.5, 0.6) is 0 Å². The summed E-state index contributed by atoms with van der Waals surface area (Å²) in [7, 11) is 0. The van der Waals surface area contributed by atoms with Crippen LogP contribution in [0.15, 0.2) is 46.0 Å². The van der Waals surface area contributed by atoms with Gasteiger partial charge in [0.2, 0.25) is 10.4 Å². The number of hydrogen-bond donors (Lipinski definition) is 0. The van der Waals surface area contributed by atoms with Crippen LogP contribution < -0.4 is 14.9 Å². The summed E-state index contributed by atoms with van der Waals surface area (Å²) in [5.41, 5.74) is -0.184. The summed E-state index contributed by atoms with van der Waals surface area (Å²) in [6.45, 7) is 10.3. The van der Waals surface area contributed by atoms with E-state index in [-0.39, 0.29) is 16.9 Å². The minimum absolute atomic E-state index is 0.0600. The van der Waals surface area contributed by atoms with E-state index < -0.39 is 5.41 Å². The van der Waals surface area contributed by atoms with Crippen LogP contribution in [0.25, 0.3) is 0 Å². The average molecular weight is 418 g/mol. The monoisotopic (exact) mass is 417 g/mol. The van der Waals surface area contributed by atoms with E-state index >= 15 is 0 Å². The van der Waals surface area contributed by atoms with Gasteiger partial charge < -0.3 is 5.11 Å². The quantitative estimate of drug-likeness (QED) is 0.380. The maximum Gasteiger partial charge on any atom is 0.324 e. The lowest BCUT2D eigenvalue weighted by Crippen LogP contribution is -2.65. The summed E-state index contributed by atoms with van der Waals surface area (Å²) in [4.78, 5) is 20.3. The van der Waals surface area contributed by atoms with Gasteiger partial charge in [0.05, 0.1) is 17.9 Å². The van der Waals surface area contributed by atoms with Crippen molar-refractivity contribution in [3.05, 3.63) is 42.1 Å². The van der Waals surface area contributed by atoms with Gasteiger partial charge in [0.15, 0.2) is 0 Å². The third kappa shape index (κ3) is 5.57. The predicted octanol–water partition coefficient (Wildman–Crippen LogP) is 1.23. The molecule has 0 amide bonds. The summed E-state index contributed by atoms with van der Waals surface area (Å²) >= 11 is 1.12. The molecule has 9 heteroatoms. The zero-order chi connectivity index (χ0) is 20.9.